The molecule has 0 saturated heterocycles. The zero-order chi connectivity index (χ0) is 13.6. The van der Waals surface area contributed by atoms with Gasteiger partial charge >= 0.3 is 5.97 Å². The van der Waals surface area contributed by atoms with Gasteiger partial charge in [0.05, 0.1) is 12.0 Å². The molecule has 0 rings (SSSR count). The smallest absolute Gasteiger partial charge is 0.328 e. The number of carbonyl (C=O) groups excluding carboxylic acids is 1. The van der Waals surface area contributed by atoms with E-state index in [9.17, 15) is 14.7 Å². The van der Waals surface area contributed by atoms with Gasteiger partial charge < -0.3 is 21.3 Å². The fraction of sp³-hybridized carbons (Fsp3) is 0.818. The predicted octanol–water partition coefficient (Wildman–Crippen LogP) is -0.442. The van der Waals surface area contributed by atoms with Crippen LogP contribution >= 0.6 is 0 Å². The number of amides is 1. The zero-order valence-electron chi connectivity index (χ0n) is 10.5. The predicted molar refractivity (Wildman–Crippen MR) is 63.2 cm³/mol. The second-order valence-corrected chi connectivity index (χ2v) is 4.63. The van der Waals surface area contributed by atoms with Gasteiger partial charge in [-0.05, 0) is 19.3 Å². The Balaban J connectivity index is 4.52. The molecule has 100 valence electrons. The maximum Gasteiger partial charge on any atom is 0.328 e. The molecule has 0 aliphatic heterocycles. The summed E-state index contributed by atoms with van der Waals surface area (Å²) in [5.74, 6) is -1.80. The van der Waals surface area contributed by atoms with Gasteiger partial charge in [-0.25, -0.2) is 4.79 Å². The first-order chi connectivity index (χ1) is 7.79. The molecule has 0 heterocycles. The van der Waals surface area contributed by atoms with Crippen molar-refractivity contribution in [3.63, 3.8) is 0 Å². The molecule has 1 amide bonds. The summed E-state index contributed by atoms with van der Waals surface area (Å²) < 4.78 is 0. The van der Waals surface area contributed by atoms with Crippen LogP contribution in [0.15, 0.2) is 0 Å². The molecule has 17 heavy (non-hydrogen) atoms. The molecular weight excluding hydrogens is 224 g/mol. The Hall–Kier alpha value is -1.14. The quantitative estimate of drug-likeness (QED) is 0.486. The number of aliphatic carboxylic acids is 1. The first-order valence-corrected chi connectivity index (χ1v) is 5.70. The number of hydrogen-bond donors (Lipinski definition) is 4. The lowest BCUT2D eigenvalue weighted by atomic mass is 9.96. The van der Waals surface area contributed by atoms with E-state index in [2.05, 4.69) is 5.32 Å². The second-order valence-electron chi connectivity index (χ2n) is 4.63. The van der Waals surface area contributed by atoms with Crippen LogP contribution in [0.1, 0.15) is 27.2 Å². The summed E-state index contributed by atoms with van der Waals surface area (Å²) in [7, 11) is 0. The van der Waals surface area contributed by atoms with Crippen molar-refractivity contribution in [3.8, 4) is 0 Å². The Morgan fingerprint density at radius 2 is 1.82 bits per heavy atom. The highest BCUT2D eigenvalue weighted by molar-refractivity contribution is 5.85. The third-order valence-corrected chi connectivity index (χ3v) is 2.46. The van der Waals surface area contributed by atoms with Gasteiger partial charge in [-0.2, -0.15) is 0 Å². The van der Waals surface area contributed by atoms with E-state index in [-0.39, 0.29) is 6.54 Å². The molecule has 0 saturated carbocycles. The van der Waals surface area contributed by atoms with Gasteiger partial charge in [-0.3, -0.25) is 4.79 Å². The lowest BCUT2D eigenvalue weighted by Gasteiger charge is -2.22. The largest absolute Gasteiger partial charge is 0.480 e. The average Bonchev–Trinajstić information content (AvgIpc) is 2.20. The molecular formula is C11H22N2O4. The molecule has 0 aliphatic rings. The average molecular weight is 246 g/mol. The highest BCUT2D eigenvalue weighted by atomic mass is 16.4. The van der Waals surface area contributed by atoms with Crippen LogP contribution < -0.4 is 11.1 Å². The van der Waals surface area contributed by atoms with E-state index in [0.29, 0.717) is 12.3 Å². The van der Waals surface area contributed by atoms with Crippen molar-refractivity contribution in [1.29, 1.82) is 0 Å². The molecule has 0 fully saturated rings. The van der Waals surface area contributed by atoms with Crippen molar-refractivity contribution in [2.45, 2.75) is 39.3 Å². The maximum atomic E-state index is 11.8. The fourth-order valence-corrected chi connectivity index (χ4v) is 1.54. The summed E-state index contributed by atoms with van der Waals surface area (Å²) in [4.78, 5) is 22.6. The maximum absolute atomic E-state index is 11.8. The normalized spacial score (nSPS) is 16.4. The van der Waals surface area contributed by atoms with Crippen molar-refractivity contribution < 1.29 is 19.8 Å². The monoisotopic (exact) mass is 246 g/mol. The van der Waals surface area contributed by atoms with E-state index in [1.54, 1.807) is 0 Å². The number of hydrogen-bond acceptors (Lipinski definition) is 4. The van der Waals surface area contributed by atoms with Gasteiger partial charge in [0, 0.05) is 6.54 Å². The van der Waals surface area contributed by atoms with Crippen LogP contribution in [0, 0.1) is 11.8 Å². The molecule has 0 aromatic carbocycles. The van der Waals surface area contributed by atoms with Crippen molar-refractivity contribution in [3.05, 3.63) is 0 Å². The zero-order valence-corrected chi connectivity index (χ0v) is 10.5. The number of aliphatic hydroxyl groups is 1. The van der Waals surface area contributed by atoms with Crippen LogP contribution in [-0.4, -0.2) is 40.8 Å². The van der Waals surface area contributed by atoms with Crippen LogP contribution in [0.3, 0.4) is 0 Å². The van der Waals surface area contributed by atoms with Gasteiger partial charge in [0.2, 0.25) is 5.91 Å². The number of rotatable bonds is 7. The van der Waals surface area contributed by atoms with Crippen molar-refractivity contribution in [1.82, 2.24) is 5.32 Å². The van der Waals surface area contributed by atoms with Gasteiger partial charge in [-0.1, -0.05) is 13.8 Å². The number of nitrogens with two attached hydrogens (primary N) is 1. The second kappa shape index (κ2) is 7.24. The summed E-state index contributed by atoms with van der Waals surface area (Å²) in [6, 6.07) is -1.29. The molecule has 3 atom stereocenters. The van der Waals surface area contributed by atoms with E-state index in [0.717, 1.165) is 0 Å². The molecule has 6 heteroatoms. The SMILES string of the molecule is CC(C)CC(CN)C(=O)N[C@H](C(=O)O)[C@@H](C)O. The van der Waals surface area contributed by atoms with E-state index >= 15 is 0 Å². The molecule has 0 bridgehead atoms. The number of nitrogens with one attached hydrogen (secondary N) is 1. The van der Waals surface area contributed by atoms with E-state index in [1.807, 2.05) is 13.8 Å². The number of carbonyl (C=O) groups is 2. The van der Waals surface area contributed by atoms with Crippen LogP contribution in [0.4, 0.5) is 0 Å². The minimum atomic E-state index is -1.29. The summed E-state index contributed by atoms with van der Waals surface area (Å²) in [5, 5.41) is 20.4. The number of carboxylic acid groups (broad SMARTS) is 1. The summed E-state index contributed by atoms with van der Waals surface area (Å²) in [5.41, 5.74) is 5.48. The number of carboxylic acids is 1. The lowest BCUT2D eigenvalue weighted by Crippen LogP contribution is -2.50. The minimum absolute atomic E-state index is 0.163. The van der Waals surface area contributed by atoms with Crippen molar-refractivity contribution >= 4 is 11.9 Å². The first kappa shape index (κ1) is 15.9. The van der Waals surface area contributed by atoms with Crippen molar-refractivity contribution in [2.24, 2.45) is 17.6 Å². The Morgan fingerprint density at radius 3 is 2.12 bits per heavy atom. The van der Waals surface area contributed by atoms with Crippen LogP contribution in [0.5, 0.6) is 0 Å². The topological polar surface area (TPSA) is 113 Å². The highest BCUT2D eigenvalue weighted by Crippen LogP contribution is 2.11. The Kier molecular flexibility index (Phi) is 6.75. The molecule has 0 radical (unpaired) electrons. The molecule has 5 N–H and O–H groups in total. The molecule has 0 aromatic rings. The fourth-order valence-electron chi connectivity index (χ4n) is 1.54. The standard InChI is InChI=1S/C11H22N2O4/c1-6(2)4-8(5-12)10(15)13-9(7(3)14)11(16)17/h6-9,14H,4-5,12H2,1-3H3,(H,13,15)(H,16,17)/t7-,8?,9+/m1/s1. The van der Waals surface area contributed by atoms with Gasteiger partial charge in [0.15, 0.2) is 6.04 Å². The third kappa shape index (κ3) is 5.65. The van der Waals surface area contributed by atoms with Crippen LogP contribution in [0.25, 0.3) is 0 Å². The van der Waals surface area contributed by atoms with E-state index in [1.165, 1.54) is 6.92 Å². The van der Waals surface area contributed by atoms with E-state index < -0.39 is 29.9 Å². The molecule has 0 aliphatic carbocycles. The molecule has 1 unspecified atom stereocenters. The summed E-state index contributed by atoms with van der Waals surface area (Å²) in [6.07, 6.45) is -0.553. The van der Waals surface area contributed by atoms with Crippen LogP contribution in [0.2, 0.25) is 0 Å². The highest BCUT2D eigenvalue weighted by Gasteiger charge is 2.28. The molecule has 6 nitrogen and oxygen atoms in total. The first-order valence-electron chi connectivity index (χ1n) is 5.70. The van der Waals surface area contributed by atoms with E-state index in [4.69, 9.17) is 10.8 Å². The molecule has 0 aromatic heterocycles. The van der Waals surface area contributed by atoms with Gasteiger partial charge in [0.1, 0.15) is 0 Å². The number of aliphatic hydroxyl groups excluding tert-OH is 1. The summed E-state index contributed by atoms with van der Waals surface area (Å²) >= 11 is 0. The Bertz CT molecular complexity index is 266. The molecule has 0 spiro atoms. The van der Waals surface area contributed by atoms with Gasteiger partial charge in [0.25, 0.3) is 0 Å². The lowest BCUT2D eigenvalue weighted by molar-refractivity contribution is -0.145. The minimum Gasteiger partial charge on any atom is -0.480 e. The van der Waals surface area contributed by atoms with Crippen LogP contribution in [-0.2, 0) is 9.59 Å². The van der Waals surface area contributed by atoms with Crippen molar-refractivity contribution in [2.75, 3.05) is 6.54 Å². The third-order valence-electron chi connectivity index (χ3n) is 2.46. The summed E-state index contributed by atoms with van der Waals surface area (Å²) in [6.45, 7) is 5.40. The van der Waals surface area contributed by atoms with Gasteiger partial charge in [-0.15, -0.1) is 0 Å². The Labute approximate surface area is 101 Å². The Morgan fingerprint density at radius 1 is 1.29 bits per heavy atom.